The van der Waals surface area contributed by atoms with Crippen LogP contribution in [-0.4, -0.2) is 56.4 Å². The molecule has 0 bridgehead atoms. The van der Waals surface area contributed by atoms with E-state index in [1.165, 1.54) is 11.8 Å². The van der Waals surface area contributed by atoms with E-state index in [9.17, 15) is 4.79 Å². The lowest BCUT2D eigenvalue weighted by Crippen LogP contribution is -2.29. The summed E-state index contributed by atoms with van der Waals surface area (Å²) in [5.41, 5.74) is 2.55. The fraction of sp³-hybridized carbons (Fsp3) is 0.500. The Balaban J connectivity index is 2.42. The van der Waals surface area contributed by atoms with Crippen LogP contribution in [0.25, 0.3) is 11.2 Å². The number of carboxylic acids is 1. The van der Waals surface area contributed by atoms with E-state index in [1.54, 1.807) is 0 Å². The van der Waals surface area contributed by atoms with Crippen LogP contribution in [0.2, 0.25) is 0 Å². The molecule has 6 nitrogen and oxygen atoms in total. The summed E-state index contributed by atoms with van der Waals surface area (Å²) in [5, 5.41) is 9.58. The van der Waals surface area contributed by atoms with Crippen molar-refractivity contribution >= 4 is 28.9 Å². The summed E-state index contributed by atoms with van der Waals surface area (Å²) in [5.74, 6) is -0.845. The molecule has 1 atom stereocenters. The van der Waals surface area contributed by atoms with E-state index >= 15 is 0 Å². The summed E-state index contributed by atoms with van der Waals surface area (Å²) in [7, 11) is 4.04. The van der Waals surface area contributed by atoms with Gasteiger partial charge in [0.15, 0.2) is 10.8 Å². The molecule has 0 fully saturated rings. The Morgan fingerprint density at radius 3 is 2.76 bits per heavy atom. The SMILES string of the molecule is Cc1ccc2nc(SCC(=O)O)n(CC(C)N(C)C)c2n1. The Labute approximate surface area is 128 Å². The minimum atomic E-state index is -0.844. The second-order valence-corrected chi connectivity index (χ2v) is 6.24. The van der Waals surface area contributed by atoms with Gasteiger partial charge in [0.05, 0.1) is 5.75 Å². The number of carboxylic acid groups (broad SMARTS) is 1. The van der Waals surface area contributed by atoms with Gasteiger partial charge in [-0.2, -0.15) is 0 Å². The van der Waals surface area contributed by atoms with Crippen molar-refractivity contribution in [1.82, 2.24) is 19.4 Å². The molecule has 0 spiro atoms. The van der Waals surface area contributed by atoms with Gasteiger partial charge in [-0.05, 0) is 40.1 Å². The molecule has 0 radical (unpaired) electrons. The quantitative estimate of drug-likeness (QED) is 0.821. The van der Waals surface area contributed by atoms with Gasteiger partial charge in [0.1, 0.15) is 5.52 Å². The molecule has 7 heteroatoms. The molecule has 21 heavy (non-hydrogen) atoms. The number of aliphatic carboxylic acids is 1. The van der Waals surface area contributed by atoms with Crippen molar-refractivity contribution in [2.24, 2.45) is 0 Å². The Bertz CT molecular complexity index is 654. The first-order chi connectivity index (χ1) is 9.88. The third-order valence-electron chi connectivity index (χ3n) is 3.35. The van der Waals surface area contributed by atoms with Crippen molar-refractivity contribution in [3.8, 4) is 0 Å². The number of rotatable bonds is 6. The van der Waals surface area contributed by atoms with Crippen LogP contribution < -0.4 is 0 Å². The van der Waals surface area contributed by atoms with Crippen molar-refractivity contribution in [3.05, 3.63) is 17.8 Å². The van der Waals surface area contributed by atoms with Crippen LogP contribution in [0.5, 0.6) is 0 Å². The van der Waals surface area contributed by atoms with Gasteiger partial charge in [-0.1, -0.05) is 11.8 Å². The highest BCUT2D eigenvalue weighted by Crippen LogP contribution is 2.24. The molecule has 0 amide bonds. The molecule has 1 unspecified atom stereocenters. The lowest BCUT2D eigenvalue weighted by molar-refractivity contribution is -0.133. The molecule has 2 rings (SSSR count). The van der Waals surface area contributed by atoms with E-state index in [2.05, 4.69) is 21.8 Å². The van der Waals surface area contributed by atoms with Crippen molar-refractivity contribution in [2.75, 3.05) is 19.8 Å². The average molecular weight is 308 g/mol. The number of nitrogens with zero attached hydrogens (tertiary/aromatic N) is 4. The molecule has 114 valence electrons. The monoisotopic (exact) mass is 308 g/mol. The Kier molecular flexibility index (Phi) is 4.84. The largest absolute Gasteiger partial charge is 0.481 e. The van der Waals surface area contributed by atoms with Crippen molar-refractivity contribution in [3.63, 3.8) is 0 Å². The molecule has 0 saturated heterocycles. The first-order valence-corrected chi connectivity index (χ1v) is 7.72. The van der Waals surface area contributed by atoms with Gasteiger partial charge < -0.3 is 14.6 Å². The standard InChI is InChI=1S/C14H20N4O2S/c1-9-5-6-11-13(15-9)18(7-10(2)17(3)4)14(16-11)21-8-12(19)20/h5-6,10H,7-8H2,1-4H3,(H,19,20). The maximum atomic E-state index is 10.8. The highest BCUT2D eigenvalue weighted by Gasteiger charge is 2.16. The van der Waals surface area contributed by atoms with Crippen LogP contribution in [0.4, 0.5) is 0 Å². The lowest BCUT2D eigenvalue weighted by Gasteiger charge is -2.21. The summed E-state index contributed by atoms with van der Waals surface area (Å²) in [6.07, 6.45) is 0. The van der Waals surface area contributed by atoms with E-state index in [0.717, 1.165) is 23.4 Å². The number of fused-ring (bicyclic) bond motifs is 1. The predicted octanol–water partition coefficient (Wildman–Crippen LogP) is 1.87. The topological polar surface area (TPSA) is 71.2 Å². The number of likely N-dealkylation sites (N-methyl/N-ethyl adjacent to an activating group) is 1. The summed E-state index contributed by atoms with van der Waals surface area (Å²) in [4.78, 5) is 22.0. The van der Waals surface area contributed by atoms with Gasteiger partial charge in [-0.3, -0.25) is 4.79 Å². The van der Waals surface area contributed by atoms with Crippen molar-refractivity contribution in [2.45, 2.75) is 31.6 Å². The van der Waals surface area contributed by atoms with Gasteiger partial charge in [-0.15, -0.1) is 0 Å². The van der Waals surface area contributed by atoms with Crippen LogP contribution in [0, 0.1) is 6.92 Å². The highest BCUT2D eigenvalue weighted by molar-refractivity contribution is 7.99. The van der Waals surface area contributed by atoms with Crippen LogP contribution >= 0.6 is 11.8 Å². The Morgan fingerprint density at radius 1 is 1.43 bits per heavy atom. The molecule has 2 heterocycles. The molecule has 1 N–H and O–H groups in total. The normalized spacial score (nSPS) is 13.0. The number of thioether (sulfide) groups is 1. The maximum Gasteiger partial charge on any atom is 0.313 e. The van der Waals surface area contributed by atoms with Gasteiger partial charge in [0.2, 0.25) is 0 Å². The predicted molar refractivity (Wildman–Crippen MR) is 83.8 cm³/mol. The zero-order valence-electron chi connectivity index (χ0n) is 12.7. The smallest absolute Gasteiger partial charge is 0.313 e. The number of imidazole rings is 1. The van der Waals surface area contributed by atoms with Gasteiger partial charge in [-0.25, -0.2) is 9.97 Å². The molecule has 0 aliphatic carbocycles. The number of aromatic nitrogens is 3. The Hall–Kier alpha value is -1.60. The molecule has 2 aromatic rings. The highest BCUT2D eigenvalue weighted by atomic mass is 32.2. The van der Waals surface area contributed by atoms with E-state index in [-0.39, 0.29) is 5.75 Å². The zero-order valence-corrected chi connectivity index (χ0v) is 13.5. The van der Waals surface area contributed by atoms with Gasteiger partial charge in [0, 0.05) is 18.3 Å². The molecule has 0 saturated carbocycles. The average Bonchev–Trinajstić information content (AvgIpc) is 2.74. The molecule has 0 aliphatic rings. The van der Waals surface area contributed by atoms with E-state index < -0.39 is 5.97 Å². The molecular formula is C14H20N4O2S. The fourth-order valence-electron chi connectivity index (χ4n) is 1.90. The molecule has 2 aromatic heterocycles. The van der Waals surface area contributed by atoms with Gasteiger partial charge >= 0.3 is 5.97 Å². The van der Waals surface area contributed by atoms with E-state index in [4.69, 9.17) is 5.11 Å². The number of aryl methyl sites for hydroxylation is 1. The van der Waals surface area contributed by atoms with Crippen LogP contribution in [0.3, 0.4) is 0 Å². The molecule has 0 aromatic carbocycles. The molecule has 0 aliphatic heterocycles. The first kappa shape index (κ1) is 15.8. The third-order valence-corrected chi connectivity index (χ3v) is 4.31. The second kappa shape index (κ2) is 6.44. The third kappa shape index (κ3) is 3.74. The minimum Gasteiger partial charge on any atom is -0.481 e. The second-order valence-electron chi connectivity index (χ2n) is 5.30. The van der Waals surface area contributed by atoms with Crippen LogP contribution in [0.15, 0.2) is 17.3 Å². The number of hydrogen-bond donors (Lipinski definition) is 1. The van der Waals surface area contributed by atoms with Crippen LogP contribution in [-0.2, 0) is 11.3 Å². The fourth-order valence-corrected chi connectivity index (χ4v) is 2.64. The molecular weight excluding hydrogens is 288 g/mol. The number of hydrogen-bond acceptors (Lipinski definition) is 5. The van der Waals surface area contributed by atoms with Crippen LogP contribution in [0.1, 0.15) is 12.6 Å². The summed E-state index contributed by atoms with van der Waals surface area (Å²) < 4.78 is 2.01. The lowest BCUT2D eigenvalue weighted by atomic mass is 10.3. The summed E-state index contributed by atoms with van der Waals surface area (Å²) in [6.45, 7) is 4.78. The van der Waals surface area contributed by atoms with Crippen molar-refractivity contribution < 1.29 is 9.90 Å². The Morgan fingerprint density at radius 2 is 2.14 bits per heavy atom. The van der Waals surface area contributed by atoms with E-state index in [1.807, 2.05) is 37.7 Å². The summed E-state index contributed by atoms with van der Waals surface area (Å²) in [6, 6.07) is 4.15. The number of pyridine rings is 1. The number of carbonyl (C=O) groups is 1. The van der Waals surface area contributed by atoms with Crippen molar-refractivity contribution in [1.29, 1.82) is 0 Å². The minimum absolute atomic E-state index is 0.00134. The first-order valence-electron chi connectivity index (χ1n) is 6.73. The zero-order chi connectivity index (χ0) is 15.6. The maximum absolute atomic E-state index is 10.8. The van der Waals surface area contributed by atoms with E-state index in [0.29, 0.717) is 11.2 Å². The van der Waals surface area contributed by atoms with Gasteiger partial charge in [0.25, 0.3) is 0 Å². The summed E-state index contributed by atoms with van der Waals surface area (Å²) >= 11 is 1.23.